The highest BCUT2D eigenvalue weighted by molar-refractivity contribution is 5.83. The predicted molar refractivity (Wildman–Crippen MR) is 65.8 cm³/mol. The highest BCUT2D eigenvalue weighted by Crippen LogP contribution is 2.10. The smallest absolute Gasteiger partial charge is 0.241 e. The van der Waals surface area contributed by atoms with Gasteiger partial charge in [0.1, 0.15) is 6.04 Å². The van der Waals surface area contributed by atoms with Crippen molar-refractivity contribution >= 4 is 5.91 Å². The number of nitriles is 1. The summed E-state index contributed by atoms with van der Waals surface area (Å²) in [6.45, 7) is 1.93. The molecule has 90 valence electrons. The molecule has 2 atom stereocenters. The summed E-state index contributed by atoms with van der Waals surface area (Å²) >= 11 is 0. The van der Waals surface area contributed by atoms with Crippen molar-refractivity contribution in [2.24, 2.45) is 5.73 Å². The van der Waals surface area contributed by atoms with Crippen LogP contribution in [0.15, 0.2) is 30.3 Å². The van der Waals surface area contributed by atoms with E-state index in [2.05, 4.69) is 5.32 Å². The summed E-state index contributed by atoms with van der Waals surface area (Å²) in [6.07, 6.45) is 1.03. The monoisotopic (exact) mass is 231 g/mol. The van der Waals surface area contributed by atoms with Crippen LogP contribution in [-0.2, 0) is 4.79 Å². The van der Waals surface area contributed by atoms with Gasteiger partial charge in [-0.05, 0) is 12.0 Å². The average Bonchev–Trinajstić information content (AvgIpc) is 2.38. The number of nitrogens with zero attached hydrogens (tertiary/aromatic N) is 1. The summed E-state index contributed by atoms with van der Waals surface area (Å²) in [4.78, 5) is 11.8. The quantitative estimate of drug-likeness (QED) is 0.805. The van der Waals surface area contributed by atoms with Crippen LogP contribution in [0.2, 0.25) is 0 Å². The summed E-state index contributed by atoms with van der Waals surface area (Å²) < 4.78 is 0. The molecular weight excluding hydrogens is 214 g/mol. The van der Waals surface area contributed by atoms with Crippen molar-refractivity contribution in [2.75, 3.05) is 0 Å². The molecule has 17 heavy (non-hydrogen) atoms. The number of hydrogen-bond acceptors (Lipinski definition) is 3. The number of rotatable bonds is 5. The molecule has 4 heteroatoms. The molecule has 1 aromatic rings. The molecule has 0 aliphatic heterocycles. The molecule has 0 saturated heterocycles. The molecule has 0 saturated carbocycles. The molecular formula is C13H17N3O. The second kappa shape index (κ2) is 6.66. The second-order valence-electron chi connectivity index (χ2n) is 3.86. The van der Waals surface area contributed by atoms with Gasteiger partial charge in [0.25, 0.3) is 0 Å². The zero-order valence-electron chi connectivity index (χ0n) is 9.89. The molecule has 0 heterocycles. The zero-order valence-corrected chi connectivity index (χ0v) is 9.89. The zero-order chi connectivity index (χ0) is 12.7. The Balaban J connectivity index is 2.62. The first-order valence-electron chi connectivity index (χ1n) is 5.66. The Morgan fingerprint density at radius 3 is 2.65 bits per heavy atom. The molecule has 0 aliphatic rings. The lowest BCUT2D eigenvalue weighted by molar-refractivity contribution is -0.123. The van der Waals surface area contributed by atoms with Crippen LogP contribution in [0.5, 0.6) is 0 Å². The molecule has 1 unspecified atom stereocenters. The van der Waals surface area contributed by atoms with Gasteiger partial charge in [-0.25, -0.2) is 0 Å². The first-order valence-corrected chi connectivity index (χ1v) is 5.66. The second-order valence-corrected chi connectivity index (χ2v) is 3.86. The average molecular weight is 231 g/mol. The van der Waals surface area contributed by atoms with E-state index in [1.807, 2.05) is 43.3 Å². The minimum atomic E-state index is -0.677. The van der Waals surface area contributed by atoms with Gasteiger partial charge in [-0.1, -0.05) is 37.3 Å². The fourth-order valence-corrected chi connectivity index (χ4v) is 1.51. The maximum absolute atomic E-state index is 11.8. The van der Waals surface area contributed by atoms with E-state index in [1.165, 1.54) is 0 Å². The molecule has 0 aromatic heterocycles. The van der Waals surface area contributed by atoms with Crippen LogP contribution >= 0.6 is 0 Å². The Labute approximate surface area is 101 Å². The number of benzene rings is 1. The molecule has 3 N–H and O–H groups in total. The van der Waals surface area contributed by atoms with Crippen molar-refractivity contribution in [1.82, 2.24) is 5.32 Å². The SMILES string of the molecule is CCC(CC#N)NC(=O)[C@H](N)c1ccccc1. The number of carbonyl (C=O) groups excluding carboxylic acids is 1. The van der Waals surface area contributed by atoms with E-state index in [-0.39, 0.29) is 11.9 Å². The third-order valence-electron chi connectivity index (χ3n) is 2.62. The molecule has 0 bridgehead atoms. The van der Waals surface area contributed by atoms with Crippen molar-refractivity contribution in [3.63, 3.8) is 0 Å². The molecule has 0 spiro atoms. The van der Waals surface area contributed by atoms with Crippen LogP contribution < -0.4 is 11.1 Å². The molecule has 0 fully saturated rings. The Morgan fingerprint density at radius 1 is 1.47 bits per heavy atom. The van der Waals surface area contributed by atoms with Gasteiger partial charge in [-0.15, -0.1) is 0 Å². The van der Waals surface area contributed by atoms with Crippen molar-refractivity contribution < 1.29 is 4.79 Å². The number of carbonyl (C=O) groups is 1. The summed E-state index contributed by atoms with van der Waals surface area (Å²) in [6, 6.07) is 10.4. The Morgan fingerprint density at radius 2 is 2.12 bits per heavy atom. The van der Waals surface area contributed by atoms with Gasteiger partial charge in [0.05, 0.1) is 12.5 Å². The number of nitrogens with two attached hydrogens (primary N) is 1. The third-order valence-corrected chi connectivity index (χ3v) is 2.62. The summed E-state index contributed by atoms with van der Waals surface area (Å²) in [5.74, 6) is -0.238. The Bertz CT molecular complexity index is 397. The van der Waals surface area contributed by atoms with E-state index in [0.717, 1.165) is 12.0 Å². The standard InChI is InChI=1S/C13H17N3O/c1-2-11(8-9-14)16-13(17)12(15)10-6-4-3-5-7-10/h3-7,11-12H,2,8,15H2,1H3,(H,16,17)/t11?,12-/m1/s1. The Hall–Kier alpha value is -1.86. The van der Waals surface area contributed by atoms with Crippen molar-refractivity contribution in [1.29, 1.82) is 5.26 Å². The minimum Gasteiger partial charge on any atom is -0.351 e. The molecule has 0 aliphatic carbocycles. The van der Waals surface area contributed by atoms with E-state index in [4.69, 9.17) is 11.0 Å². The van der Waals surface area contributed by atoms with Crippen LogP contribution in [0.4, 0.5) is 0 Å². The number of nitrogens with one attached hydrogen (secondary N) is 1. The van der Waals surface area contributed by atoms with Crippen LogP contribution in [0.1, 0.15) is 31.4 Å². The van der Waals surface area contributed by atoms with E-state index < -0.39 is 6.04 Å². The fraction of sp³-hybridized carbons (Fsp3) is 0.385. The molecule has 4 nitrogen and oxygen atoms in total. The summed E-state index contributed by atoms with van der Waals surface area (Å²) in [7, 11) is 0. The van der Waals surface area contributed by atoms with Crippen LogP contribution in [0, 0.1) is 11.3 Å². The van der Waals surface area contributed by atoms with Crippen LogP contribution in [-0.4, -0.2) is 11.9 Å². The van der Waals surface area contributed by atoms with Gasteiger partial charge in [0, 0.05) is 6.04 Å². The van der Waals surface area contributed by atoms with Gasteiger partial charge in [0.15, 0.2) is 0 Å². The molecule has 0 radical (unpaired) electrons. The third kappa shape index (κ3) is 3.89. The predicted octanol–water partition coefficient (Wildman–Crippen LogP) is 1.49. The lowest BCUT2D eigenvalue weighted by atomic mass is 10.1. The molecule has 1 rings (SSSR count). The first kappa shape index (κ1) is 13.2. The van der Waals surface area contributed by atoms with E-state index in [0.29, 0.717) is 6.42 Å². The first-order chi connectivity index (χ1) is 8.19. The number of amides is 1. The van der Waals surface area contributed by atoms with Crippen molar-refractivity contribution in [2.45, 2.75) is 31.8 Å². The lowest BCUT2D eigenvalue weighted by Crippen LogP contribution is -2.40. The van der Waals surface area contributed by atoms with Gasteiger partial charge in [-0.3, -0.25) is 4.79 Å². The molecule has 1 amide bonds. The van der Waals surface area contributed by atoms with Gasteiger partial charge >= 0.3 is 0 Å². The maximum atomic E-state index is 11.8. The topological polar surface area (TPSA) is 78.9 Å². The van der Waals surface area contributed by atoms with Gasteiger partial charge < -0.3 is 11.1 Å². The van der Waals surface area contributed by atoms with Crippen molar-refractivity contribution in [3.05, 3.63) is 35.9 Å². The normalized spacial score (nSPS) is 13.5. The molecule has 1 aromatic carbocycles. The van der Waals surface area contributed by atoms with Crippen molar-refractivity contribution in [3.8, 4) is 6.07 Å². The van der Waals surface area contributed by atoms with E-state index in [1.54, 1.807) is 0 Å². The van der Waals surface area contributed by atoms with E-state index in [9.17, 15) is 4.79 Å². The van der Waals surface area contributed by atoms with Gasteiger partial charge in [0.2, 0.25) is 5.91 Å². The van der Waals surface area contributed by atoms with Gasteiger partial charge in [-0.2, -0.15) is 5.26 Å². The van der Waals surface area contributed by atoms with Crippen LogP contribution in [0.25, 0.3) is 0 Å². The summed E-state index contributed by atoms with van der Waals surface area (Å²) in [5, 5.41) is 11.4. The fourth-order valence-electron chi connectivity index (χ4n) is 1.51. The highest BCUT2D eigenvalue weighted by atomic mass is 16.2. The lowest BCUT2D eigenvalue weighted by Gasteiger charge is -2.17. The minimum absolute atomic E-state index is 0.123. The highest BCUT2D eigenvalue weighted by Gasteiger charge is 2.18. The van der Waals surface area contributed by atoms with E-state index >= 15 is 0 Å². The number of hydrogen-bond donors (Lipinski definition) is 2. The largest absolute Gasteiger partial charge is 0.351 e. The Kier molecular flexibility index (Phi) is 5.18. The van der Waals surface area contributed by atoms with Crippen LogP contribution in [0.3, 0.4) is 0 Å². The summed E-state index contributed by atoms with van der Waals surface area (Å²) in [5.41, 5.74) is 6.62. The maximum Gasteiger partial charge on any atom is 0.241 e.